The summed E-state index contributed by atoms with van der Waals surface area (Å²) in [5, 5.41) is 11.4. The van der Waals surface area contributed by atoms with Crippen LogP contribution in [-0.2, 0) is 0 Å². The minimum absolute atomic E-state index is 1.32. The summed E-state index contributed by atoms with van der Waals surface area (Å²) in [4.78, 5) is 0. The maximum atomic E-state index is 2.52. The van der Waals surface area contributed by atoms with E-state index in [1.165, 1.54) is 32.3 Å². The molecule has 26 heavy (non-hydrogen) atoms. The van der Waals surface area contributed by atoms with Crippen molar-refractivity contribution in [2.45, 2.75) is 39.3 Å². The fourth-order valence-electron chi connectivity index (χ4n) is 3.98. The van der Waals surface area contributed by atoms with Gasteiger partial charge in [0.1, 0.15) is 0 Å². The monoisotopic (exact) mass is 372 g/mol. The van der Waals surface area contributed by atoms with E-state index in [-0.39, 0.29) is 0 Å². The van der Waals surface area contributed by atoms with Crippen LogP contribution in [0.4, 0.5) is 0 Å². The van der Waals surface area contributed by atoms with Crippen LogP contribution in [0.3, 0.4) is 0 Å². The van der Waals surface area contributed by atoms with E-state index in [9.17, 15) is 0 Å². The summed E-state index contributed by atoms with van der Waals surface area (Å²) in [7, 11) is -2.76. The molecule has 0 amide bonds. The highest BCUT2D eigenvalue weighted by atomic mass is 28.3. The van der Waals surface area contributed by atoms with E-state index in [1.807, 2.05) is 0 Å². The third-order valence-electron chi connectivity index (χ3n) is 5.41. The zero-order valence-corrected chi connectivity index (χ0v) is 18.8. The molecule has 0 fully saturated rings. The van der Waals surface area contributed by atoms with E-state index >= 15 is 0 Å². The fourth-order valence-corrected chi connectivity index (χ4v) is 9.17. The highest BCUT2D eigenvalue weighted by Crippen LogP contribution is 2.27. The number of rotatable bonds is 2. The molecule has 4 aromatic rings. The first-order valence-electron chi connectivity index (χ1n) is 9.54. The van der Waals surface area contributed by atoms with E-state index in [1.54, 1.807) is 10.4 Å². The lowest BCUT2D eigenvalue weighted by Gasteiger charge is -2.28. The van der Waals surface area contributed by atoms with E-state index < -0.39 is 16.1 Å². The predicted octanol–water partition coefficient (Wildman–Crippen LogP) is 6.24. The van der Waals surface area contributed by atoms with Crippen molar-refractivity contribution in [2.75, 3.05) is 0 Å². The molecule has 0 N–H and O–H groups in total. The van der Waals surface area contributed by atoms with E-state index in [4.69, 9.17) is 0 Å². The standard InChI is InChI=1S/C24H28Si2/c1-25(2,3)23-15-21-13-19-11-17-9-7-8-10-18(17)12-20(19)14-22(21)16-24(23)26(4,5)6/h7-16H,1-6H3. The topological polar surface area (TPSA) is 0 Å². The van der Waals surface area contributed by atoms with Gasteiger partial charge in [-0.25, -0.2) is 0 Å². The van der Waals surface area contributed by atoms with E-state index in [0.717, 1.165) is 0 Å². The zero-order valence-electron chi connectivity index (χ0n) is 16.8. The first-order valence-corrected chi connectivity index (χ1v) is 16.5. The Kier molecular flexibility index (Phi) is 3.90. The van der Waals surface area contributed by atoms with Crippen LogP contribution in [0.1, 0.15) is 0 Å². The molecule has 0 bridgehead atoms. The largest absolute Gasteiger partial charge is 0.0774 e. The van der Waals surface area contributed by atoms with Gasteiger partial charge in [0.15, 0.2) is 0 Å². The molecule has 132 valence electrons. The lowest BCUT2D eigenvalue weighted by atomic mass is 10.00. The van der Waals surface area contributed by atoms with Gasteiger partial charge in [-0.2, -0.15) is 0 Å². The second-order valence-corrected chi connectivity index (χ2v) is 19.7. The maximum Gasteiger partial charge on any atom is 0.0774 e. The van der Waals surface area contributed by atoms with E-state index in [2.05, 4.69) is 99.9 Å². The third kappa shape index (κ3) is 3.02. The van der Waals surface area contributed by atoms with Gasteiger partial charge in [-0.05, 0) is 56.6 Å². The van der Waals surface area contributed by atoms with Crippen LogP contribution >= 0.6 is 0 Å². The second-order valence-electron chi connectivity index (χ2n) is 9.64. The van der Waals surface area contributed by atoms with Crippen LogP contribution in [0.2, 0.25) is 39.3 Å². The predicted molar refractivity (Wildman–Crippen MR) is 125 cm³/mol. The molecule has 0 aliphatic carbocycles. The van der Waals surface area contributed by atoms with Gasteiger partial charge in [-0.15, -0.1) is 0 Å². The van der Waals surface area contributed by atoms with Gasteiger partial charge in [0, 0.05) is 0 Å². The molecule has 4 aromatic carbocycles. The summed E-state index contributed by atoms with van der Waals surface area (Å²) in [5.41, 5.74) is 0. The molecule has 0 unspecified atom stereocenters. The molecular weight excluding hydrogens is 344 g/mol. The molecule has 0 aromatic heterocycles. The van der Waals surface area contributed by atoms with Gasteiger partial charge in [-0.3, -0.25) is 0 Å². The quantitative estimate of drug-likeness (QED) is 0.289. The van der Waals surface area contributed by atoms with Crippen molar-refractivity contribution < 1.29 is 0 Å². The Morgan fingerprint density at radius 2 is 0.731 bits per heavy atom. The minimum atomic E-state index is -1.38. The molecule has 0 heterocycles. The SMILES string of the molecule is C[Si](C)(C)c1cc2cc3cc4ccccc4cc3cc2cc1[Si](C)(C)C. The van der Waals surface area contributed by atoms with Crippen molar-refractivity contribution >= 4 is 58.8 Å². The zero-order chi connectivity index (χ0) is 18.7. The lowest BCUT2D eigenvalue weighted by molar-refractivity contribution is 1.69. The lowest BCUT2D eigenvalue weighted by Crippen LogP contribution is -2.56. The molecule has 0 aliphatic heterocycles. The average Bonchev–Trinajstić information content (AvgIpc) is 2.55. The smallest absolute Gasteiger partial charge is 0.0656 e. The number of fused-ring (bicyclic) bond motifs is 3. The summed E-state index contributed by atoms with van der Waals surface area (Å²) in [6.07, 6.45) is 0. The molecule has 0 atom stereocenters. The Morgan fingerprint density at radius 3 is 1.08 bits per heavy atom. The summed E-state index contributed by atoms with van der Waals surface area (Å²) in [6.45, 7) is 14.9. The Hall–Kier alpha value is -1.91. The molecule has 0 spiro atoms. The highest BCUT2D eigenvalue weighted by molar-refractivity contribution is 6.98. The van der Waals surface area contributed by atoms with Crippen molar-refractivity contribution in [1.29, 1.82) is 0 Å². The van der Waals surface area contributed by atoms with Crippen LogP contribution in [0, 0.1) is 0 Å². The minimum Gasteiger partial charge on any atom is -0.0656 e. The first kappa shape index (κ1) is 17.5. The Balaban J connectivity index is 2.08. The van der Waals surface area contributed by atoms with Crippen molar-refractivity contribution in [2.24, 2.45) is 0 Å². The Labute approximate surface area is 158 Å². The summed E-state index contributed by atoms with van der Waals surface area (Å²) in [6, 6.07) is 23.2. The molecule has 0 aliphatic rings. The van der Waals surface area contributed by atoms with Crippen LogP contribution in [0.5, 0.6) is 0 Å². The fraction of sp³-hybridized carbons (Fsp3) is 0.250. The number of hydrogen-bond acceptors (Lipinski definition) is 0. The van der Waals surface area contributed by atoms with Gasteiger partial charge < -0.3 is 0 Å². The highest BCUT2D eigenvalue weighted by Gasteiger charge is 2.27. The third-order valence-corrected chi connectivity index (χ3v) is 9.72. The van der Waals surface area contributed by atoms with Gasteiger partial charge >= 0.3 is 0 Å². The molecule has 4 rings (SSSR count). The van der Waals surface area contributed by atoms with Crippen LogP contribution < -0.4 is 10.4 Å². The Bertz CT molecular complexity index is 1050. The molecule has 2 heteroatoms. The van der Waals surface area contributed by atoms with Crippen LogP contribution in [-0.4, -0.2) is 16.1 Å². The average molecular weight is 373 g/mol. The van der Waals surface area contributed by atoms with Gasteiger partial charge in [0.25, 0.3) is 0 Å². The van der Waals surface area contributed by atoms with Crippen LogP contribution in [0.25, 0.3) is 32.3 Å². The second kappa shape index (κ2) is 5.80. The molecule has 0 saturated carbocycles. The van der Waals surface area contributed by atoms with Crippen molar-refractivity contribution in [1.82, 2.24) is 0 Å². The molecular formula is C24H28Si2. The molecule has 0 nitrogen and oxygen atoms in total. The van der Waals surface area contributed by atoms with Gasteiger partial charge in [0.2, 0.25) is 0 Å². The summed E-state index contributed by atoms with van der Waals surface area (Å²) in [5.74, 6) is 0. The van der Waals surface area contributed by atoms with Gasteiger partial charge in [-0.1, -0.05) is 86.1 Å². The summed E-state index contributed by atoms with van der Waals surface area (Å²) >= 11 is 0. The molecule has 0 saturated heterocycles. The van der Waals surface area contributed by atoms with Crippen molar-refractivity contribution in [3.8, 4) is 0 Å². The van der Waals surface area contributed by atoms with Crippen molar-refractivity contribution in [3.63, 3.8) is 0 Å². The number of benzene rings is 4. The molecule has 0 radical (unpaired) electrons. The van der Waals surface area contributed by atoms with E-state index in [0.29, 0.717) is 0 Å². The van der Waals surface area contributed by atoms with Crippen LogP contribution in [0.15, 0.2) is 60.7 Å². The number of hydrogen-bond donors (Lipinski definition) is 0. The normalized spacial score (nSPS) is 13.0. The first-order chi connectivity index (χ1) is 12.1. The Morgan fingerprint density at radius 1 is 0.423 bits per heavy atom. The summed E-state index contributed by atoms with van der Waals surface area (Å²) < 4.78 is 0. The maximum absolute atomic E-state index is 2.52. The van der Waals surface area contributed by atoms with Gasteiger partial charge in [0.05, 0.1) is 16.1 Å². The van der Waals surface area contributed by atoms with Crippen molar-refractivity contribution in [3.05, 3.63) is 60.7 Å².